The van der Waals surface area contributed by atoms with Crippen LogP contribution in [0.15, 0.2) is 24.4 Å². The van der Waals surface area contributed by atoms with Crippen molar-refractivity contribution >= 4 is 35.4 Å². The number of aromatic nitrogens is 2. The molecule has 1 amide bonds. The van der Waals surface area contributed by atoms with E-state index in [1.165, 1.54) is 4.57 Å². The number of hydrogen-bond donors (Lipinski definition) is 1. The number of carbonyl (C=O) groups excluding carboxylic acids is 2. The largest absolute Gasteiger partial charge is 0.449 e. The second kappa shape index (κ2) is 6.97. The van der Waals surface area contributed by atoms with E-state index in [1.54, 1.807) is 30.2 Å². The SMILES string of the molecule is CCOC(=O)n1c(CN2CCC(N)C2=O)cc2ncccc21.Cl. The molecule has 1 aliphatic rings. The molecule has 2 N–H and O–H groups in total. The third-order valence-corrected chi connectivity index (χ3v) is 3.79. The Kier molecular flexibility index (Phi) is 5.23. The molecule has 2 aromatic heterocycles. The Morgan fingerprint density at radius 2 is 2.30 bits per heavy atom. The number of likely N-dealkylation sites (tertiary alicyclic amines) is 1. The molecule has 1 saturated heterocycles. The van der Waals surface area contributed by atoms with Gasteiger partial charge in [-0.25, -0.2) is 9.36 Å². The predicted molar refractivity (Wildman–Crippen MR) is 87.4 cm³/mol. The first kappa shape index (κ1) is 17.2. The fourth-order valence-corrected chi connectivity index (χ4v) is 2.72. The normalized spacial score (nSPS) is 17.4. The maximum Gasteiger partial charge on any atom is 0.418 e. The minimum atomic E-state index is -0.462. The lowest BCUT2D eigenvalue weighted by atomic mass is 10.3. The van der Waals surface area contributed by atoms with Crippen molar-refractivity contribution in [3.63, 3.8) is 0 Å². The van der Waals surface area contributed by atoms with E-state index in [0.717, 1.165) is 0 Å². The molecule has 2 aromatic rings. The monoisotopic (exact) mass is 338 g/mol. The van der Waals surface area contributed by atoms with Crippen LogP contribution in [0, 0.1) is 0 Å². The van der Waals surface area contributed by atoms with E-state index in [2.05, 4.69) is 4.98 Å². The fourth-order valence-electron chi connectivity index (χ4n) is 2.72. The van der Waals surface area contributed by atoms with Gasteiger partial charge in [-0.3, -0.25) is 9.78 Å². The van der Waals surface area contributed by atoms with Crippen LogP contribution in [0.2, 0.25) is 0 Å². The summed E-state index contributed by atoms with van der Waals surface area (Å²) in [4.78, 5) is 30.2. The third-order valence-electron chi connectivity index (χ3n) is 3.79. The maximum absolute atomic E-state index is 12.2. The highest BCUT2D eigenvalue weighted by Crippen LogP contribution is 2.21. The molecule has 7 nitrogen and oxygen atoms in total. The number of amides is 1. The smallest absolute Gasteiger partial charge is 0.418 e. The minimum Gasteiger partial charge on any atom is -0.449 e. The zero-order valence-corrected chi connectivity index (χ0v) is 13.6. The molecule has 1 unspecified atom stereocenters. The van der Waals surface area contributed by atoms with Crippen LogP contribution < -0.4 is 5.73 Å². The predicted octanol–water partition coefficient (Wildman–Crippen LogP) is 1.52. The lowest BCUT2D eigenvalue weighted by Crippen LogP contribution is -2.34. The van der Waals surface area contributed by atoms with Gasteiger partial charge in [0.05, 0.1) is 35.9 Å². The van der Waals surface area contributed by atoms with Crippen LogP contribution >= 0.6 is 12.4 Å². The summed E-state index contributed by atoms with van der Waals surface area (Å²) in [6.07, 6.45) is 1.84. The molecule has 1 aliphatic heterocycles. The zero-order valence-electron chi connectivity index (χ0n) is 12.8. The van der Waals surface area contributed by atoms with Crippen LogP contribution in [-0.2, 0) is 16.1 Å². The quantitative estimate of drug-likeness (QED) is 0.916. The maximum atomic E-state index is 12.2. The zero-order chi connectivity index (χ0) is 15.7. The van der Waals surface area contributed by atoms with Gasteiger partial charge in [0.25, 0.3) is 0 Å². The Morgan fingerprint density at radius 3 is 2.96 bits per heavy atom. The standard InChI is InChI=1S/C15H18N4O3.ClH/c1-2-22-15(21)19-10(8-12-13(19)4-3-6-17-12)9-18-7-5-11(16)14(18)20;/h3-4,6,8,11H,2,5,7,9,16H2,1H3;1H. The Labute approximate surface area is 139 Å². The molecule has 0 spiro atoms. The van der Waals surface area contributed by atoms with Crippen molar-refractivity contribution in [2.75, 3.05) is 13.2 Å². The molecule has 124 valence electrons. The van der Waals surface area contributed by atoms with Crippen molar-refractivity contribution in [1.29, 1.82) is 0 Å². The minimum absolute atomic E-state index is 0. The van der Waals surface area contributed by atoms with Gasteiger partial charge in [-0.05, 0) is 31.5 Å². The van der Waals surface area contributed by atoms with Crippen LogP contribution in [0.1, 0.15) is 19.0 Å². The third kappa shape index (κ3) is 3.16. The molecule has 3 heterocycles. The first-order chi connectivity index (χ1) is 10.6. The average Bonchev–Trinajstić information content (AvgIpc) is 3.02. The number of halogens is 1. The highest BCUT2D eigenvalue weighted by molar-refractivity contribution is 5.89. The number of hydrogen-bond acceptors (Lipinski definition) is 5. The topological polar surface area (TPSA) is 90.5 Å². The number of nitrogens with two attached hydrogens (primary N) is 1. The molecule has 0 saturated carbocycles. The summed E-state index contributed by atoms with van der Waals surface area (Å²) in [5.74, 6) is -0.0892. The van der Waals surface area contributed by atoms with E-state index >= 15 is 0 Å². The van der Waals surface area contributed by atoms with E-state index in [0.29, 0.717) is 36.2 Å². The van der Waals surface area contributed by atoms with Crippen LogP contribution in [0.5, 0.6) is 0 Å². The van der Waals surface area contributed by atoms with Gasteiger partial charge in [0.15, 0.2) is 0 Å². The number of ether oxygens (including phenoxy) is 1. The highest BCUT2D eigenvalue weighted by atomic mass is 35.5. The van der Waals surface area contributed by atoms with Crippen molar-refractivity contribution in [2.24, 2.45) is 5.73 Å². The summed E-state index contributed by atoms with van der Waals surface area (Å²) in [5.41, 5.74) is 7.79. The van der Waals surface area contributed by atoms with E-state index in [1.807, 2.05) is 6.07 Å². The van der Waals surface area contributed by atoms with Crippen molar-refractivity contribution in [3.8, 4) is 0 Å². The first-order valence-corrected chi connectivity index (χ1v) is 7.28. The molecular weight excluding hydrogens is 320 g/mol. The Bertz CT molecular complexity index is 731. The average molecular weight is 339 g/mol. The van der Waals surface area contributed by atoms with Gasteiger partial charge in [0, 0.05) is 12.7 Å². The van der Waals surface area contributed by atoms with Crippen molar-refractivity contribution in [2.45, 2.75) is 25.9 Å². The van der Waals surface area contributed by atoms with Gasteiger partial charge in [-0.1, -0.05) is 0 Å². The van der Waals surface area contributed by atoms with Crippen molar-refractivity contribution < 1.29 is 14.3 Å². The number of rotatable bonds is 3. The van der Waals surface area contributed by atoms with Gasteiger partial charge in [0.2, 0.25) is 5.91 Å². The first-order valence-electron chi connectivity index (χ1n) is 7.28. The molecule has 8 heteroatoms. The highest BCUT2D eigenvalue weighted by Gasteiger charge is 2.30. The number of carbonyl (C=O) groups is 2. The molecule has 3 rings (SSSR count). The molecular formula is C15H19ClN4O3. The molecule has 1 atom stereocenters. The van der Waals surface area contributed by atoms with Crippen LogP contribution in [0.25, 0.3) is 11.0 Å². The molecule has 0 radical (unpaired) electrons. The number of fused-ring (bicyclic) bond motifs is 1. The van der Waals surface area contributed by atoms with Gasteiger partial charge < -0.3 is 15.4 Å². The van der Waals surface area contributed by atoms with Gasteiger partial charge in [-0.2, -0.15) is 0 Å². The van der Waals surface area contributed by atoms with Crippen LogP contribution in [0.4, 0.5) is 4.79 Å². The summed E-state index contributed by atoms with van der Waals surface area (Å²) in [6.45, 7) is 2.95. The number of nitrogens with zero attached hydrogens (tertiary/aromatic N) is 3. The Hall–Kier alpha value is -2.12. The Morgan fingerprint density at radius 1 is 1.52 bits per heavy atom. The summed E-state index contributed by atoms with van der Waals surface area (Å²) in [7, 11) is 0. The summed E-state index contributed by atoms with van der Waals surface area (Å²) < 4.78 is 6.59. The van der Waals surface area contributed by atoms with Crippen molar-refractivity contribution in [1.82, 2.24) is 14.5 Å². The lowest BCUT2D eigenvalue weighted by molar-refractivity contribution is -0.129. The molecule has 0 bridgehead atoms. The summed E-state index contributed by atoms with van der Waals surface area (Å²) in [5, 5.41) is 0. The molecule has 0 aromatic carbocycles. The molecule has 0 aliphatic carbocycles. The fraction of sp³-hybridized carbons (Fsp3) is 0.400. The lowest BCUT2D eigenvalue weighted by Gasteiger charge is -2.17. The van der Waals surface area contributed by atoms with E-state index in [-0.39, 0.29) is 24.9 Å². The van der Waals surface area contributed by atoms with E-state index in [9.17, 15) is 9.59 Å². The molecule has 23 heavy (non-hydrogen) atoms. The number of pyridine rings is 1. The second-order valence-corrected chi connectivity index (χ2v) is 5.23. The Balaban J connectivity index is 0.00000192. The van der Waals surface area contributed by atoms with Gasteiger partial charge >= 0.3 is 6.09 Å². The second-order valence-electron chi connectivity index (χ2n) is 5.23. The van der Waals surface area contributed by atoms with E-state index in [4.69, 9.17) is 10.5 Å². The summed E-state index contributed by atoms with van der Waals surface area (Å²) in [6, 6.07) is 4.93. The van der Waals surface area contributed by atoms with Gasteiger partial charge in [0.1, 0.15) is 0 Å². The summed E-state index contributed by atoms with van der Waals surface area (Å²) >= 11 is 0. The van der Waals surface area contributed by atoms with Crippen LogP contribution in [-0.4, -0.2) is 45.6 Å². The van der Waals surface area contributed by atoms with E-state index < -0.39 is 12.1 Å². The van der Waals surface area contributed by atoms with Crippen LogP contribution in [0.3, 0.4) is 0 Å². The van der Waals surface area contributed by atoms with Gasteiger partial charge in [-0.15, -0.1) is 12.4 Å². The molecule has 1 fully saturated rings. The van der Waals surface area contributed by atoms with Crippen molar-refractivity contribution in [3.05, 3.63) is 30.1 Å².